The van der Waals surface area contributed by atoms with Gasteiger partial charge in [-0.3, -0.25) is 14.4 Å². The van der Waals surface area contributed by atoms with Crippen molar-refractivity contribution in [1.82, 2.24) is 15.1 Å². The SMILES string of the molecule is O=C1CCC(CCC(=O)N2CCN(Cc3cccc(F)c3)C(=O)C2)(Cc2ccccc2)N1. The Balaban J connectivity index is 1.32. The average Bonchev–Trinajstić information content (AvgIpc) is 3.14. The first-order chi connectivity index (χ1) is 15.4. The summed E-state index contributed by atoms with van der Waals surface area (Å²) in [5.74, 6) is -0.513. The number of rotatable bonds is 7. The number of halogens is 1. The highest BCUT2D eigenvalue weighted by molar-refractivity contribution is 5.86. The summed E-state index contributed by atoms with van der Waals surface area (Å²) in [6.07, 6.45) is 2.69. The van der Waals surface area contributed by atoms with Gasteiger partial charge >= 0.3 is 0 Å². The lowest BCUT2D eigenvalue weighted by Crippen LogP contribution is -2.52. The molecule has 1 atom stereocenters. The second-order valence-corrected chi connectivity index (χ2v) is 8.75. The molecule has 32 heavy (non-hydrogen) atoms. The fraction of sp³-hybridized carbons (Fsp3) is 0.400. The van der Waals surface area contributed by atoms with Gasteiger partial charge in [0.15, 0.2) is 0 Å². The van der Waals surface area contributed by atoms with Crippen LogP contribution < -0.4 is 5.32 Å². The zero-order valence-electron chi connectivity index (χ0n) is 18.1. The van der Waals surface area contributed by atoms with Crippen LogP contribution in [0.2, 0.25) is 0 Å². The van der Waals surface area contributed by atoms with Crippen molar-refractivity contribution in [2.24, 2.45) is 0 Å². The summed E-state index contributed by atoms with van der Waals surface area (Å²) in [6, 6.07) is 16.2. The van der Waals surface area contributed by atoms with Crippen LogP contribution in [-0.2, 0) is 27.3 Å². The Morgan fingerprint density at radius 2 is 1.81 bits per heavy atom. The van der Waals surface area contributed by atoms with Gasteiger partial charge in [0.1, 0.15) is 5.82 Å². The van der Waals surface area contributed by atoms with E-state index in [2.05, 4.69) is 5.32 Å². The van der Waals surface area contributed by atoms with Crippen LogP contribution in [0.5, 0.6) is 0 Å². The fourth-order valence-corrected chi connectivity index (χ4v) is 4.62. The molecule has 2 heterocycles. The Morgan fingerprint density at radius 1 is 1.03 bits per heavy atom. The van der Waals surface area contributed by atoms with Crippen LogP contribution in [0.4, 0.5) is 4.39 Å². The Bertz CT molecular complexity index is 997. The van der Waals surface area contributed by atoms with E-state index < -0.39 is 5.54 Å². The number of piperazine rings is 1. The van der Waals surface area contributed by atoms with Gasteiger partial charge in [0, 0.05) is 38.0 Å². The molecular weight excluding hydrogens is 409 g/mol. The number of hydrogen-bond donors (Lipinski definition) is 1. The topological polar surface area (TPSA) is 69.7 Å². The van der Waals surface area contributed by atoms with E-state index in [0.717, 1.165) is 11.1 Å². The summed E-state index contributed by atoms with van der Waals surface area (Å²) in [5.41, 5.74) is 1.44. The van der Waals surface area contributed by atoms with Gasteiger partial charge in [0.05, 0.1) is 6.54 Å². The zero-order chi connectivity index (χ0) is 22.6. The highest BCUT2D eigenvalue weighted by atomic mass is 19.1. The number of amides is 3. The second-order valence-electron chi connectivity index (χ2n) is 8.75. The van der Waals surface area contributed by atoms with Crippen molar-refractivity contribution >= 4 is 17.7 Å². The van der Waals surface area contributed by atoms with E-state index >= 15 is 0 Å². The molecule has 2 fully saturated rings. The molecule has 0 aliphatic carbocycles. The molecule has 0 bridgehead atoms. The summed E-state index contributed by atoms with van der Waals surface area (Å²) < 4.78 is 13.4. The molecule has 3 amide bonds. The number of hydrogen-bond acceptors (Lipinski definition) is 3. The van der Waals surface area contributed by atoms with Gasteiger partial charge in [0.2, 0.25) is 17.7 Å². The van der Waals surface area contributed by atoms with Gasteiger partial charge in [-0.1, -0.05) is 42.5 Å². The summed E-state index contributed by atoms with van der Waals surface area (Å²) in [5, 5.41) is 3.11. The zero-order valence-corrected chi connectivity index (χ0v) is 18.1. The Kier molecular flexibility index (Phi) is 6.53. The average molecular weight is 438 g/mol. The van der Waals surface area contributed by atoms with Gasteiger partial charge in [0.25, 0.3) is 0 Å². The standard InChI is InChI=1S/C25H28FN3O3/c26-21-8-4-7-20(15-21)17-28-13-14-29(18-24(28)32)23(31)10-12-25(11-9-22(30)27-25)16-19-5-2-1-3-6-19/h1-8,15H,9-14,16-18H2,(H,27,30). The molecule has 0 spiro atoms. The third-order valence-electron chi connectivity index (χ3n) is 6.37. The minimum atomic E-state index is -0.419. The first kappa shape index (κ1) is 22.0. The molecule has 4 rings (SSSR count). The molecule has 0 saturated carbocycles. The van der Waals surface area contributed by atoms with E-state index in [1.165, 1.54) is 12.1 Å². The van der Waals surface area contributed by atoms with Crippen molar-refractivity contribution in [3.05, 3.63) is 71.5 Å². The molecule has 2 aliphatic heterocycles. The Labute approximate surface area is 187 Å². The highest BCUT2D eigenvalue weighted by Gasteiger charge is 2.38. The van der Waals surface area contributed by atoms with Gasteiger partial charge in [-0.15, -0.1) is 0 Å². The molecule has 0 radical (unpaired) electrons. The van der Waals surface area contributed by atoms with Crippen molar-refractivity contribution in [2.75, 3.05) is 19.6 Å². The van der Waals surface area contributed by atoms with Crippen molar-refractivity contribution in [3.8, 4) is 0 Å². The maximum absolute atomic E-state index is 13.4. The van der Waals surface area contributed by atoms with E-state index in [0.29, 0.717) is 45.3 Å². The molecule has 2 aliphatic rings. The van der Waals surface area contributed by atoms with E-state index in [4.69, 9.17) is 0 Å². The fourth-order valence-electron chi connectivity index (χ4n) is 4.62. The third kappa shape index (κ3) is 5.33. The molecule has 7 heteroatoms. The maximum Gasteiger partial charge on any atom is 0.242 e. The van der Waals surface area contributed by atoms with E-state index in [-0.39, 0.29) is 36.5 Å². The van der Waals surface area contributed by atoms with Crippen molar-refractivity contribution in [3.63, 3.8) is 0 Å². The lowest BCUT2D eigenvalue weighted by Gasteiger charge is -2.35. The van der Waals surface area contributed by atoms with Crippen molar-refractivity contribution < 1.29 is 18.8 Å². The van der Waals surface area contributed by atoms with Crippen molar-refractivity contribution in [1.29, 1.82) is 0 Å². The lowest BCUT2D eigenvalue weighted by atomic mass is 9.85. The van der Waals surface area contributed by atoms with Crippen molar-refractivity contribution in [2.45, 2.75) is 44.2 Å². The minimum absolute atomic E-state index is 0.0227. The smallest absolute Gasteiger partial charge is 0.242 e. The monoisotopic (exact) mass is 437 g/mol. The molecular formula is C25H28FN3O3. The van der Waals surface area contributed by atoms with E-state index in [1.54, 1.807) is 21.9 Å². The summed E-state index contributed by atoms with van der Waals surface area (Å²) in [4.78, 5) is 40.7. The summed E-state index contributed by atoms with van der Waals surface area (Å²) in [7, 11) is 0. The van der Waals surface area contributed by atoms with Crippen LogP contribution >= 0.6 is 0 Å². The molecule has 0 aromatic heterocycles. The first-order valence-electron chi connectivity index (χ1n) is 11.1. The number of carbonyl (C=O) groups is 3. The molecule has 6 nitrogen and oxygen atoms in total. The van der Waals surface area contributed by atoms with Gasteiger partial charge < -0.3 is 15.1 Å². The largest absolute Gasteiger partial charge is 0.350 e. The number of nitrogens with one attached hydrogen (secondary N) is 1. The van der Waals surface area contributed by atoms with Gasteiger partial charge in [-0.05, 0) is 42.5 Å². The quantitative estimate of drug-likeness (QED) is 0.724. The van der Waals surface area contributed by atoms with E-state index in [1.807, 2.05) is 30.3 Å². The number of nitrogens with zero attached hydrogens (tertiary/aromatic N) is 2. The molecule has 168 valence electrons. The van der Waals surface area contributed by atoms with Crippen LogP contribution in [0.3, 0.4) is 0 Å². The molecule has 2 saturated heterocycles. The van der Waals surface area contributed by atoms with Crippen LogP contribution in [-0.4, -0.2) is 52.7 Å². The maximum atomic E-state index is 13.4. The molecule has 2 aromatic carbocycles. The summed E-state index contributed by atoms with van der Waals surface area (Å²) in [6.45, 7) is 1.25. The molecule has 1 N–H and O–H groups in total. The van der Waals surface area contributed by atoms with Crippen LogP contribution in [0.15, 0.2) is 54.6 Å². The predicted molar refractivity (Wildman–Crippen MR) is 118 cm³/mol. The predicted octanol–water partition coefficient (Wildman–Crippen LogP) is 2.67. The van der Waals surface area contributed by atoms with Crippen LogP contribution in [0.25, 0.3) is 0 Å². The number of carbonyl (C=O) groups excluding carboxylic acids is 3. The Hall–Kier alpha value is -3.22. The second kappa shape index (κ2) is 9.51. The Morgan fingerprint density at radius 3 is 2.50 bits per heavy atom. The normalized spacial score (nSPS) is 21.0. The third-order valence-corrected chi connectivity index (χ3v) is 6.37. The summed E-state index contributed by atoms with van der Waals surface area (Å²) >= 11 is 0. The minimum Gasteiger partial charge on any atom is -0.350 e. The van der Waals surface area contributed by atoms with Gasteiger partial charge in [-0.25, -0.2) is 4.39 Å². The van der Waals surface area contributed by atoms with E-state index in [9.17, 15) is 18.8 Å². The van der Waals surface area contributed by atoms with Gasteiger partial charge in [-0.2, -0.15) is 0 Å². The number of benzene rings is 2. The first-order valence-corrected chi connectivity index (χ1v) is 11.1. The molecule has 1 unspecified atom stereocenters. The van der Waals surface area contributed by atoms with Crippen LogP contribution in [0.1, 0.15) is 36.8 Å². The lowest BCUT2D eigenvalue weighted by molar-refractivity contribution is -0.145. The van der Waals surface area contributed by atoms with Crippen LogP contribution in [0, 0.1) is 5.82 Å². The highest BCUT2D eigenvalue weighted by Crippen LogP contribution is 2.30. The molecule has 2 aromatic rings.